The molecule has 0 radical (unpaired) electrons. The summed E-state index contributed by atoms with van der Waals surface area (Å²) in [5.74, 6) is 0. The van der Waals surface area contributed by atoms with Gasteiger partial charge in [0.05, 0.1) is 23.1 Å². The number of aromatic nitrogens is 3. The van der Waals surface area contributed by atoms with Crippen molar-refractivity contribution >= 4 is 0 Å². The maximum Gasteiger partial charge on any atom is 0.416 e. The van der Waals surface area contributed by atoms with Crippen molar-refractivity contribution in [3.8, 4) is 5.69 Å². The average Bonchev–Trinajstić information content (AvgIpc) is 2.83. The molecule has 0 atom stereocenters. The second kappa shape index (κ2) is 5.62. The molecule has 0 saturated carbocycles. The molecule has 1 aromatic carbocycles. The highest BCUT2D eigenvalue weighted by Crippen LogP contribution is 2.30. The Morgan fingerprint density at radius 2 is 2.05 bits per heavy atom. The molecule has 0 aliphatic heterocycles. The fraction of sp³-hybridized carbons (Fsp3) is 0.385. The summed E-state index contributed by atoms with van der Waals surface area (Å²) in [5, 5.41) is 10.8. The van der Waals surface area contributed by atoms with Crippen LogP contribution in [0.15, 0.2) is 30.5 Å². The summed E-state index contributed by atoms with van der Waals surface area (Å²) >= 11 is 0. The van der Waals surface area contributed by atoms with E-state index in [9.17, 15) is 13.2 Å². The van der Waals surface area contributed by atoms with Gasteiger partial charge in [-0.15, -0.1) is 5.10 Å². The Labute approximate surface area is 114 Å². The third kappa shape index (κ3) is 3.36. The van der Waals surface area contributed by atoms with E-state index in [1.165, 1.54) is 16.9 Å². The summed E-state index contributed by atoms with van der Waals surface area (Å²) < 4.78 is 39.5. The van der Waals surface area contributed by atoms with Gasteiger partial charge in [0.15, 0.2) is 0 Å². The summed E-state index contributed by atoms with van der Waals surface area (Å²) in [4.78, 5) is 0. The van der Waals surface area contributed by atoms with Gasteiger partial charge in [0.1, 0.15) is 0 Å². The molecular weight excluding hydrogens is 269 g/mol. The SMILES string of the molecule is CC(C)NCc1cnnn1-c1cccc(C(F)(F)F)c1. The normalized spacial score (nSPS) is 12.1. The molecule has 0 bridgehead atoms. The van der Waals surface area contributed by atoms with Gasteiger partial charge >= 0.3 is 6.18 Å². The van der Waals surface area contributed by atoms with Gasteiger partial charge in [-0.25, -0.2) is 4.68 Å². The number of hydrogen-bond donors (Lipinski definition) is 1. The summed E-state index contributed by atoms with van der Waals surface area (Å²) in [5.41, 5.74) is 0.351. The maximum absolute atomic E-state index is 12.7. The van der Waals surface area contributed by atoms with Gasteiger partial charge in [0.25, 0.3) is 0 Å². The Hall–Kier alpha value is -1.89. The smallest absolute Gasteiger partial charge is 0.309 e. The summed E-state index contributed by atoms with van der Waals surface area (Å²) in [6, 6.07) is 5.29. The van der Waals surface area contributed by atoms with Crippen molar-refractivity contribution in [2.45, 2.75) is 32.6 Å². The lowest BCUT2D eigenvalue weighted by Crippen LogP contribution is -2.23. The summed E-state index contributed by atoms with van der Waals surface area (Å²) in [7, 11) is 0. The molecule has 0 aliphatic carbocycles. The van der Waals surface area contributed by atoms with Crippen LogP contribution in [-0.2, 0) is 12.7 Å². The van der Waals surface area contributed by atoms with Crippen molar-refractivity contribution in [2.24, 2.45) is 0 Å². The molecule has 108 valence electrons. The van der Waals surface area contributed by atoms with E-state index < -0.39 is 11.7 Å². The minimum atomic E-state index is -4.37. The van der Waals surface area contributed by atoms with Crippen molar-refractivity contribution < 1.29 is 13.2 Å². The molecule has 2 rings (SSSR count). The average molecular weight is 284 g/mol. The molecule has 1 N–H and O–H groups in total. The van der Waals surface area contributed by atoms with Crippen molar-refractivity contribution in [1.82, 2.24) is 20.3 Å². The number of hydrogen-bond acceptors (Lipinski definition) is 3. The number of benzene rings is 1. The zero-order valence-electron chi connectivity index (χ0n) is 11.1. The molecule has 0 aliphatic rings. The molecule has 2 aromatic rings. The van der Waals surface area contributed by atoms with Crippen LogP contribution >= 0.6 is 0 Å². The van der Waals surface area contributed by atoms with Crippen LogP contribution in [0.3, 0.4) is 0 Å². The van der Waals surface area contributed by atoms with Crippen molar-refractivity contribution in [3.05, 3.63) is 41.7 Å². The number of nitrogens with zero attached hydrogens (tertiary/aromatic N) is 3. The van der Waals surface area contributed by atoms with Crippen molar-refractivity contribution in [1.29, 1.82) is 0 Å². The second-order valence-corrected chi connectivity index (χ2v) is 4.72. The lowest BCUT2D eigenvalue weighted by atomic mass is 10.2. The van der Waals surface area contributed by atoms with E-state index in [0.717, 1.165) is 12.1 Å². The van der Waals surface area contributed by atoms with E-state index >= 15 is 0 Å². The third-order valence-corrected chi connectivity index (χ3v) is 2.73. The number of rotatable bonds is 4. The highest BCUT2D eigenvalue weighted by atomic mass is 19.4. The summed E-state index contributed by atoms with van der Waals surface area (Å²) in [6.45, 7) is 4.46. The third-order valence-electron chi connectivity index (χ3n) is 2.73. The van der Waals surface area contributed by atoms with Crippen LogP contribution in [0.2, 0.25) is 0 Å². The minimum Gasteiger partial charge on any atom is -0.309 e. The van der Waals surface area contributed by atoms with Crippen LogP contribution in [0, 0.1) is 0 Å². The Morgan fingerprint density at radius 3 is 2.70 bits per heavy atom. The van der Waals surface area contributed by atoms with Crippen molar-refractivity contribution in [3.63, 3.8) is 0 Å². The van der Waals surface area contributed by atoms with Gasteiger partial charge in [-0.2, -0.15) is 13.2 Å². The quantitative estimate of drug-likeness (QED) is 0.938. The molecule has 1 aromatic heterocycles. The minimum absolute atomic E-state index is 0.264. The van der Waals surface area contributed by atoms with Gasteiger partial charge in [0, 0.05) is 12.6 Å². The van der Waals surface area contributed by atoms with Gasteiger partial charge in [-0.3, -0.25) is 0 Å². The van der Waals surface area contributed by atoms with Crippen LogP contribution in [0.1, 0.15) is 25.1 Å². The predicted molar refractivity (Wildman–Crippen MR) is 68.3 cm³/mol. The molecule has 1 heterocycles. The molecular formula is C13H15F3N4. The maximum atomic E-state index is 12.7. The first-order valence-corrected chi connectivity index (χ1v) is 6.18. The predicted octanol–water partition coefficient (Wildman–Crippen LogP) is 2.78. The van der Waals surface area contributed by atoms with E-state index in [2.05, 4.69) is 15.6 Å². The Kier molecular flexibility index (Phi) is 4.08. The lowest BCUT2D eigenvalue weighted by molar-refractivity contribution is -0.137. The molecule has 0 saturated heterocycles. The highest BCUT2D eigenvalue weighted by molar-refractivity contribution is 5.37. The zero-order valence-corrected chi connectivity index (χ0v) is 11.1. The van der Waals surface area contributed by atoms with Crippen LogP contribution < -0.4 is 5.32 Å². The standard InChI is InChI=1S/C13H15F3N4/c1-9(2)17-7-12-8-18-19-20(12)11-5-3-4-10(6-11)13(14,15)16/h3-6,8-9,17H,7H2,1-2H3. The first kappa shape index (κ1) is 14.5. The van der Waals surface area contributed by atoms with Crippen LogP contribution in [-0.4, -0.2) is 21.0 Å². The van der Waals surface area contributed by atoms with E-state index in [-0.39, 0.29) is 6.04 Å². The van der Waals surface area contributed by atoms with Gasteiger partial charge in [-0.05, 0) is 18.2 Å². The van der Waals surface area contributed by atoms with E-state index in [4.69, 9.17) is 0 Å². The van der Waals surface area contributed by atoms with Crippen LogP contribution in [0.5, 0.6) is 0 Å². The highest BCUT2D eigenvalue weighted by Gasteiger charge is 2.30. The first-order chi connectivity index (χ1) is 9.38. The first-order valence-electron chi connectivity index (χ1n) is 6.18. The second-order valence-electron chi connectivity index (χ2n) is 4.72. The monoisotopic (exact) mass is 284 g/mol. The van der Waals surface area contributed by atoms with Crippen LogP contribution in [0.4, 0.5) is 13.2 Å². The topological polar surface area (TPSA) is 42.7 Å². The molecule has 0 unspecified atom stereocenters. The number of halogens is 3. The van der Waals surface area contributed by atoms with E-state index in [1.54, 1.807) is 6.07 Å². The lowest BCUT2D eigenvalue weighted by Gasteiger charge is -2.11. The molecule has 7 heteroatoms. The van der Waals surface area contributed by atoms with Gasteiger partial charge in [0.2, 0.25) is 0 Å². The van der Waals surface area contributed by atoms with E-state index in [1.807, 2.05) is 13.8 Å². The van der Waals surface area contributed by atoms with E-state index in [0.29, 0.717) is 17.9 Å². The number of alkyl halides is 3. The molecule has 4 nitrogen and oxygen atoms in total. The summed E-state index contributed by atoms with van der Waals surface area (Å²) in [6.07, 6.45) is -2.83. The Morgan fingerprint density at radius 1 is 1.30 bits per heavy atom. The fourth-order valence-corrected chi connectivity index (χ4v) is 1.72. The largest absolute Gasteiger partial charge is 0.416 e. The Bertz CT molecular complexity index is 575. The molecule has 0 amide bonds. The molecule has 0 fully saturated rings. The zero-order chi connectivity index (χ0) is 14.8. The molecule has 0 spiro atoms. The molecule has 20 heavy (non-hydrogen) atoms. The van der Waals surface area contributed by atoms with Gasteiger partial charge in [-0.1, -0.05) is 25.1 Å². The van der Waals surface area contributed by atoms with Crippen molar-refractivity contribution in [2.75, 3.05) is 0 Å². The number of nitrogens with one attached hydrogen (secondary N) is 1. The fourth-order valence-electron chi connectivity index (χ4n) is 1.72. The van der Waals surface area contributed by atoms with Gasteiger partial charge < -0.3 is 5.32 Å². The Balaban J connectivity index is 2.30. The van der Waals surface area contributed by atoms with Crippen LogP contribution in [0.25, 0.3) is 5.69 Å².